The van der Waals surface area contributed by atoms with E-state index in [1.54, 1.807) is 7.05 Å². The van der Waals surface area contributed by atoms with Gasteiger partial charge < -0.3 is 19.7 Å². The Bertz CT molecular complexity index is 739. The van der Waals surface area contributed by atoms with Crippen LogP contribution in [0, 0.1) is 0 Å². The first-order valence-electron chi connectivity index (χ1n) is 10.0. The Kier molecular flexibility index (Phi) is 10.1. The second kappa shape index (κ2) is 12.1. The molecule has 29 heavy (non-hydrogen) atoms. The van der Waals surface area contributed by atoms with Gasteiger partial charge in [0, 0.05) is 33.3 Å². The Hall–Kier alpha value is -0.910. The van der Waals surface area contributed by atoms with Crippen molar-refractivity contribution in [3.63, 3.8) is 0 Å². The molecule has 2 heterocycles. The van der Waals surface area contributed by atoms with Gasteiger partial charge in [-0.1, -0.05) is 30.3 Å². The summed E-state index contributed by atoms with van der Waals surface area (Å²) in [7, 11) is -1.36. The van der Waals surface area contributed by atoms with Crippen LogP contribution in [-0.4, -0.2) is 77.1 Å². The van der Waals surface area contributed by atoms with Gasteiger partial charge in [-0.05, 0) is 24.8 Å². The van der Waals surface area contributed by atoms with Crippen molar-refractivity contribution in [1.29, 1.82) is 0 Å². The van der Waals surface area contributed by atoms with Crippen molar-refractivity contribution in [3.8, 4) is 0 Å². The predicted octanol–water partition coefficient (Wildman–Crippen LogP) is 2.06. The van der Waals surface area contributed by atoms with Gasteiger partial charge in [-0.15, -0.1) is 24.0 Å². The third-order valence-corrected chi connectivity index (χ3v) is 6.81. The van der Waals surface area contributed by atoms with Crippen LogP contribution in [0.25, 0.3) is 0 Å². The number of benzene rings is 1. The van der Waals surface area contributed by atoms with Crippen LogP contribution in [0.4, 0.5) is 0 Å². The van der Waals surface area contributed by atoms with Crippen molar-refractivity contribution in [2.75, 3.05) is 45.6 Å². The first-order valence-corrected chi connectivity index (χ1v) is 11.8. The van der Waals surface area contributed by atoms with Crippen LogP contribution in [0.3, 0.4) is 0 Å². The van der Waals surface area contributed by atoms with Crippen molar-refractivity contribution in [3.05, 3.63) is 35.9 Å². The average Bonchev–Trinajstić information content (AvgIpc) is 3.23. The van der Waals surface area contributed by atoms with Gasteiger partial charge in [-0.25, -0.2) is 8.42 Å². The lowest BCUT2D eigenvalue weighted by molar-refractivity contribution is -0.0816. The van der Waals surface area contributed by atoms with Gasteiger partial charge in [0.25, 0.3) is 0 Å². The number of rotatable bonds is 7. The third-order valence-electron chi connectivity index (χ3n) is 5.13. The fourth-order valence-corrected chi connectivity index (χ4v) is 5.14. The summed E-state index contributed by atoms with van der Waals surface area (Å²) in [6.07, 6.45) is 2.93. The molecule has 9 heteroatoms. The quantitative estimate of drug-likeness (QED) is 0.248. The monoisotopic (exact) mass is 537 g/mol. The lowest BCUT2D eigenvalue weighted by Gasteiger charge is -2.37. The van der Waals surface area contributed by atoms with Gasteiger partial charge in [-0.2, -0.15) is 0 Å². The number of halogens is 1. The average molecular weight is 537 g/mol. The van der Waals surface area contributed by atoms with E-state index in [2.05, 4.69) is 15.2 Å². The lowest BCUT2D eigenvalue weighted by atomic mass is 10.1. The van der Waals surface area contributed by atoms with Crippen LogP contribution in [0.5, 0.6) is 0 Å². The standard InChI is InChI=1S/C20H31N3O4S.HI/c1-21-20(23-11-13-27-19(15-23)18-9-5-12-26-18)22-10-6-14-28(24,25)16-17-7-3-2-4-8-17;/h2-4,7-8,18-19H,5-6,9-16H2,1H3,(H,21,22);1H. The van der Waals surface area contributed by atoms with Crippen LogP contribution in [0.1, 0.15) is 24.8 Å². The van der Waals surface area contributed by atoms with E-state index in [0.29, 0.717) is 19.6 Å². The first kappa shape index (κ1) is 24.4. The minimum atomic E-state index is -3.11. The van der Waals surface area contributed by atoms with Crippen LogP contribution in [-0.2, 0) is 25.1 Å². The number of hydrogen-bond acceptors (Lipinski definition) is 5. The Balaban J connectivity index is 0.00000300. The van der Waals surface area contributed by atoms with E-state index in [1.165, 1.54) is 0 Å². The number of ether oxygens (including phenoxy) is 2. The zero-order valence-corrected chi connectivity index (χ0v) is 20.1. The van der Waals surface area contributed by atoms with E-state index in [9.17, 15) is 8.42 Å². The molecule has 0 amide bonds. The molecule has 0 aliphatic carbocycles. The molecule has 2 atom stereocenters. The van der Waals surface area contributed by atoms with E-state index >= 15 is 0 Å². The molecular formula is C20H32IN3O4S. The first-order chi connectivity index (χ1) is 13.6. The number of aliphatic imine (C=N–C) groups is 1. The molecule has 1 N–H and O–H groups in total. The molecular weight excluding hydrogens is 505 g/mol. The maximum atomic E-state index is 12.3. The largest absolute Gasteiger partial charge is 0.375 e. The van der Waals surface area contributed by atoms with Gasteiger partial charge in [-0.3, -0.25) is 4.99 Å². The summed E-state index contributed by atoms with van der Waals surface area (Å²) in [6.45, 7) is 3.56. The van der Waals surface area contributed by atoms with Crippen molar-refractivity contribution < 1.29 is 17.9 Å². The second-order valence-electron chi connectivity index (χ2n) is 7.31. The zero-order chi connectivity index (χ0) is 19.8. The van der Waals surface area contributed by atoms with Crippen molar-refractivity contribution >= 4 is 39.8 Å². The molecule has 2 fully saturated rings. The molecule has 2 aliphatic heterocycles. The molecule has 2 saturated heterocycles. The molecule has 2 unspecified atom stereocenters. The van der Waals surface area contributed by atoms with Gasteiger partial charge >= 0.3 is 0 Å². The van der Waals surface area contributed by atoms with Gasteiger partial charge in [0.2, 0.25) is 0 Å². The van der Waals surface area contributed by atoms with Crippen molar-refractivity contribution in [2.24, 2.45) is 4.99 Å². The predicted molar refractivity (Wildman–Crippen MR) is 126 cm³/mol. The molecule has 3 rings (SSSR count). The number of hydrogen-bond donors (Lipinski definition) is 1. The van der Waals surface area contributed by atoms with Crippen molar-refractivity contribution in [1.82, 2.24) is 10.2 Å². The molecule has 7 nitrogen and oxygen atoms in total. The maximum Gasteiger partial charge on any atom is 0.193 e. The van der Waals surface area contributed by atoms with Crippen LogP contribution in [0.15, 0.2) is 35.3 Å². The van der Waals surface area contributed by atoms with E-state index in [-0.39, 0.29) is 47.7 Å². The number of morpholine rings is 1. The number of guanidine groups is 1. The molecule has 1 aromatic carbocycles. The molecule has 0 spiro atoms. The highest BCUT2D eigenvalue weighted by atomic mass is 127. The molecule has 0 radical (unpaired) electrons. The smallest absolute Gasteiger partial charge is 0.193 e. The SMILES string of the molecule is CN=C(NCCCS(=O)(=O)Cc1ccccc1)N1CCOC(C2CCCO2)C1.I. The summed E-state index contributed by atoms with van der Waals surface area (Å²) < 4.78 is 36.3. The van der Waals surface area contributed by atoms with E-state index in [1.807, 2.05) is 30.3 Å². The minimum Gasteiger partial charge on any atom is -0.375 e. The van der Waals surface area contributed by atoms with E-state index in [4.69, 9.17) is 9.47 Å². The molecule has 164 valence electrons. The highest BCUT2D eigenvalue weighted by Gasteiger charge is 2.32. The summed E-state index contributed by atoms with van der Waals surface area (Å²) in [5.74, 6) is 1.05. The summed E-state index contributed by atoms with van der Waals surface area (Å²) in [5.41, 5.74) is 0.833. The number of nitrogens with one attached hydrogen (secondary N) is 1. The normalized spacial score (nSPS) is 22.9. The van der Waals surface area contributed by atoms with Crippen LogP contribution >= 0.6 is 24.0 Å². The van der Waals surface area contributed by atoms with Gasteiger partial charge in [0.1, 0.15) is 6.10 Å². The fraction of sp³-hybridized carbons (Fsp3) is 0.650. The van der Waals surface area contributed by atoms with Gasteiger partial charge in [0.15, 0.2) is 15.8 Å². The molecule has 2 aliphatic rings. The number of nitrogens with zero attached hydrogens (tertiary/aromatic N) is 2. The molecule has 0 saturated carbocycles. The summed E-state index contributed by atoms with van der Waals surface area (Å²) >= 11 is 0. The van der Waals surface area contributed by atoms with Crippen LogP contribution in [0.2, 0.25) is 0 Å². The van der Waals surface area contributed by atoms with Crippen LogP contribution < -0.4 is 5.32 Å². The van der Waals surface area contributed by atoms with E-state index in [0.717, 1.165) is 44.1 Å². The maximum absolute atomic E-state index is 12.3. The van der Waals surface area contributed by atoms with Crippen molar-refractivity contribution in [2.45, 2.75) is 37.2 Å². The number of sulfone groups is 1. The Morgan fingerprint density at radius 1 is 1.21 bits per heavy atom. The summed E-state index contributed by atoms with van der Waals surface area (Å²) in [6, 6.07) is 9.31. The molecule has 0 bridgehead atoms. The fourth-order valence-electron chi connectivity index (χ4n) is 3.71. The Labute approximate surface area is 191 Å². The van der Waals surface area contributed by atoms with E-state index < -0.39 is 9.84 Å². The minimum absolute atomic E-state index is 0. The zero-order valence-electron chi connectivity index (χ0n) is 17.0. The molecule has 0 aromatic heterocycles. The highest BCUT2D eigenvalue weighted by Crippen LogP contribution is 2.21. The summed E-state index contributed by atoms with van der Waals surface area (Å²) in [4.78, 5) is 6.54. The Morgan fingerprint density at radius 3 is 2.66 bits per heavy atom. The third kappa shape index (κ3) is 7.69. The topological polar surface area (TPSA) is 80.2 Å². The second-order valence-corrected chi connectivity index (χ2v) is 9.50. The highest BCUT2D eigenvalue weighted by molar-refractivity contribution is 14.0. The lowest BCUT2D eigenvalue weighted by Crippen LogP contribution is -2.53. The summed E-state index contributed by atoms with van der Waals surface area (Å²) in [5, 5.41) is 3.30. The molecule has 1 aromatic rings. The Morgan fingerprint density at radius 2 is 1.97 bits per heavy atom. The van der Waals surface area contributed by atoms with Gasteiger partial charge in [0.05, 0.1) is 24.2 Å².